The largest absolute Gasteiger partial charge is 0.468 e. The van der Waals surface area contributed by atoms with Gasteiger partial charge in [-0.25, -0.2) is 0 Å². The van der Waals surface area contributed by atoms with E-state index in [4.69, 9.17) is 4.74 Å². The van der Waals surface area contributed by atoms with Gasteiger partial charge in [-0.05, 0) is 11.6 Å². The molecule has 1 heterocycles. The molecule has 1 fully saturated rings. The number of esters is 1. The molecule has 18 heavy (non-hydrogen) atoms. The minimum atomic E-state index is -1.02. The highest BCUT2D eigenvalue weighted by Gasteiger charge is 2.32. The van der Waals surface area contributed by atoms with Crippen LogP contribution in [0.15, 0.2) is 28.7 Å². The zero-order valence-corrected chi connectivity index (χ0v) is 12.3. The molecular formula is C12H14BrNO3S. The van der Waals surface area contributed by atoms with Crippen molar-refractivity contribution in [1.82, 2.24) is 5.32 Å². The number of hydrogen-bond donors (Lipinski definition) is 1. The first-order valence-electron chi connectivity index (χ1n) is 5.55. The van der Waals surface area contributed by atoms with Crippen LogP contribution < -0.4 is 5.32 Å². The van der Waals surface area contributed by atoms with E-state index >= 15 is 0 Å². The lowest BCUT2D eigenvalue weighted by Gasteiger charge is -2.29. The fraction of sp³-hybridized carbons (Fsp3) is 0.417. The molecule has 1 aliphatic heterocycles. The molecule has 1 saturated heterocycles. The predicted octanol–water partition coefficient (Wildman–Crippen LogP) is 1.38. The van der Waals surface area contributed by atoms with Crippen LogP contribution in [-0.2, 0) is 20.3 Å². The maximum atomic E-state index is 11.8. The lowest BCUT2D eigenvalue weighted by Crippen LogP contribution is -2.49. The van der Waals surface area contributed by atoms with E-state index in [2.05, 4.69) is 21.2 Å². The van der Waals surface area contributed by atoms with Gasteiger partial charge < -0.3 is 4.74 Å². The van der Waals surface area contributed by atoms with Gasteiger partial charge in [0, 0.05) is 32.8 Å². The van der Waals surface area contributed by atoms with Crippen molar-refractivity contribution in [2.75, 3.05) is 18.6 Å². The molecule has 0 bridgehead atoms. The van der Waals surface area contributed by atoms with Crippen molar-refractivity contribution in [3.63, 3.8) is 0 Å². The smallest absolute Gasteiger partial charge is 0.323 e. The molecular weight excluding hydrogens is 318 g/mol. The first-order chi connectivity index (χ1) is 8.61. The van der Waals surface area contributed by atoms with Crippen LogP contribution in [0.25, 0.3) is 0 Å². The molecule has 98 valence electrons. The van der Waals surface area contributed by atoms with Crippen LogP contribution in [0, 0.1) is 0 Å². The van der Waals surface area contributed by atoms with Gasteiger partial charge in [-0.1, -0.05) is 34.1 Å². The van der Waals surface area contributed by atoms with Crippen molar-refractivity contribution in [1.29, 1.82) is 0 Å². The zero-order chi connectivity index (χ0) is 13.1. The highest BCUT2D eigenvalue weighted by molar-refractivity contribution is 9.10. The summed E-state index contributed by atoms with van der Waals surface area (Å²) in [4.78, 5) is 11.5. The van der Waals surface area contributed by atoms with Crippen molar-refractivity contribution in [3.8, 4) is 0 Å². The fourth-order valence-electron chi connectivity index (χ4n) is 1.99. The number of rotatable bonds is 2. The Balaban J connectivity index is 2.21. The molecule has 0 amide bonds. The predicted molar refractivity (Wildman–Crippen MR) is 73.7 cm³/mol. The maximum Gasteiger partial charge on any atom is 0.323 e. The van der Waals surface area contributed by atoms with E-state index < -0.39 is 16.8 Å². The Bertz CT molecular complexity index is 480. The molecule has 1 aromatic carbocycles. The minimum absolute atomic E-state index is 0.0979. The summed E-state index contributed by atoms with van der Waals surface area (Å²) in [6, 6.07) is 7.14. The number of nitrogens with one attached hydrogen (secondary N) is 1. The molecule has 6 heteroatoms. The molecule has 0 saturated carbocycles. The fourth-order valence-corrected chi connectivity index (χ4v) is 3.94. The van der Waals surface area contributed by atoms with Crippen molar-refractivity contribution >= 4 is 32.7 Å². The van der Waals surface area contributed by atoms with Crippen LogP contribution in [0.5, 0.6) is 0 Å². The summed E-state index contributed by atoms with van der Waals surface area (Å²) in [6.45, 7) is 0. The quantitative estimate of drug-likeness (QED) is 0.832. The van der Waals surface area contributed by atoms with Gasteiger partial charge in [0.15, 0.2) is 0 Å². The van der Waals surface area contributed by atoms with Gasteiger partial charge in [-0.15, -0.1) is 0 Å². The molecule has 0 aliphatic carbocycles. The number of methoxy groups -OCH3 is 1. The monoisotopic (exact) mass is 331 g/mol. The van der Waals surface area contributed by atoms with Crippen molar-refractivity contribution in [3.05, 3.63) is 34.3 Å². The minimum Gasteiger partial charge on any atom is -0.468 e. The SMILES string of the molecule is COC(=O)C1CS(=O)CC(c2ccccc2Br)N1. The van der Waals surface area contributed by atoms with E-state index in [0.717, 1.165) is 10.0 Å². The Kier molecular flexibility index (Phi) is 4.53. The Morgan fingerprint density at radius 3 is 2.83 bits per heavy atom. The summed E-state index contributed by atoms with van der Waals surface area (Å²) in [5.41, 5.74) is 1.01. The highest BCUT2D eigenvalue weighted by Crippen LogP contribution is 2.26. The molecule has 1 N–H and O–H groups in total. The topological polar surface area (TPSA) is 55.4 Å². The Morgan fingerprint density at radius 1 is 1.44 bits per heavy atom. The number of ether oxygens (including phenoxy) is 1. The van der Waals surface area contributed by atoms with Crippen molar-refractivity contribution in [2.45, 2.75) is 12.1 Å². The van der Waals surface area contributed by atoms with Crippen LogP contribution in [0.1, 0.15) is 11.6 Å². The highest BCUT2D eigenvalue weighted by atomic mass is 79.9. The van der Waals surface area contributed by atoms with E-state index in [9.17, 15) is 9.00 Å². The van der Waals surface area contributed by atoms with Gasteiger partial charge in [-0.2, -0.15) is 0 Å². The standard InChI is InChI=1S/C12H14BrNO3S/c1-17-12(15)11-7-18(16)6-10(14-11)8-4-2-3-5-9(8)13/h2-5,10-11,14H,6-7H2,1H3. The first-order valence-corrected chi connectivity index (χ1v) is 7.83. The van der Waals surface area contributed by atoms with E-state index in [1.165, 1.54) is 7.11 Å². The lowest BCUT2D eigenvalue weighted by molar-refractivity contribution is -0.142. The first kappa shape index (κ1) is 13.7. The van der Waals surface area contributed by atoms with E-state index in [0.29, 0.717) is 11.5 Å². The lowest BCUT2D eigenvalue weighted by atomic mass is 10.1. The molecule has 0 aromatic heterocycles. The average Bonchev–Trinajstić information content (AvgIpc) is 2.37. The third kappa shape index (κ3) is 2.99. The van der Waals surface area contributed by atoms with Gasteiger partial charge in [-0.3, -0.25) is 14.3 Å². The maximum absolute atomic E-state index is 11.8. The number of halogens is 1. The Morgan fingerprint density at radius 2 is 2.17 bits per heavy atom. The third-order valence-corrected chi connectivity index (χ3v) is 5.01. The summed E-state index contributed by atoms with van der Waals surface area (Å²) in [7, 11) is 0.327. The van der Waals surface area contributed by atoms with Crippen LogP contribution in [0.4, 0.5) is 0 Å². The van der Waals surface area contributed by atoms with Gasteiger partial charge in [0.2, 0.25) is 0 Å². The van der Waals surface area contributed by atoms with Crippen molar-refractivity contribution in [2.24, 2.45) is 0 Å². The number of carbonyl (C=O) groups is 1. The van der Waals surface area contributed by atoms with E-state index in [1.54, 1.807) is 0 Å². The summed E-state index contributed by atoms with van der Waals surface area (Å²) >= 11 is 3.47. The van der Waals surface area contributed by atoms with Crippen LogP contribution in [0.2, 0.25) is 0 Å². The molecule has 3 unspecified atom stereocenters. The van der Waals surface area contributed by atoms with Gasteiger partial charge in [0.25, 0.3) is 0 Å². The van der Waals surface area contributed by atoms with Crippen LogP contribution in [-0.4, -0.2) is 34.8 Å². The van der Waals surface area contributed by atoms with Gasteiger partial charge >= 0.3 is 5.97 Å². The normalized spacial score (nSPS) is 27.8. The summed E-state index contributed by atoms with van der Waals surface area (Å²) in [5.74, 6) is 0.462. The Hall–Kier alpha value is -0.720. The summed E-state index contributed by atoms with van der Waals surface area (Å²) in [6.07, 6.45) is 0. The van der Waals surface area contributed by atoms with Gasteiger partial charge in [0.05, 0.1) is 7.11 Å². The van der Waals surface area contributed by atoms with Crippen LogP contribution >= 0.6 is 15.9 Å². The second-order valence-electron chi connectivity index (χ2n) is 4.09. The van der Waals surface area contributed by atoms with Gasteiger partial charge in [0.1, 0.15) is 6.04 Å². The zero-order valence-electron chi connectivity index (χ0n) is 9.89. The van der Waals surface area contributed by atoms with Crippen molar-refractivity contribution < 1.29 is 13.7 Å². The van der Waals surface area contributed by atoms with E-state index in [1.807, 2.05) is 24.3 Å². The third-order valence-electron chi connectivity index (χ3n) is 2.87. The molecule has 0 spiro atoms. The average molecular weight is 332 g/mol. The number of hydrogen-bond acceptors (Lipinski definition) is 4. The molecule has 1 aromatic rings. The Labute approximate surface area is 117 Å². The molecule has 3 atom stereocenters. The molecule has 1 aliphatic rings. The molecule has 0 radical (unpaired) electrons. The number of carbonyl (C=O) groups excluding carboxylic acids is 1. The summed E-state index contributed by atoms with van der Waals surface area (Å²) in [5, 5.41) is 3.19. The molecule has 4 nitrogen and oxygen atoms in total. The van der Waals surface area contributed by atoms with E-state index in [-0.39, 0.29) is 12.0 Å². The second kappa shape index (κ2) is 5.95. The second-order valence-corrected chi connectivity index (χ2v) is 6.49. The van der Waals surface area contributed by atoms with Crippen LogP contribution in [0.3, 0.4) is 0 Å². The summed E-state index contributed by atoms with van der Waals surface area (Å²) < 4.78 is 17.5. The number of benzene rings is 1. The molecule has 2 rings (SSSR count).